The Morgan fingerprint density at radius 3 is 3.08 bits per heavy atom. The van der Waals surface area contributed by atoms with Crippen LogP contribution < -0.4 is 4.74 Å². The van der Waals surface area contributed by atoms with Gasteiger partial charge in [-0.1, -0.05) is 15.9 Å². The molecule has 0 radical (unpaired) electrons. The van der Waals surface area contributed by atoms with Crippen LogP contribution in [-0.4, -0.2) is 11.5 Å². The van der Waals surface area contributed by atoms with Crippen molar-refractivity contribution in [3.05, 3.63) is 22.7 Å². The summed E-state index contributed by atoms with van der Waals surface area (Å²) in [5.41, 5.74) is 0. The molecular formula is C8H6BrNOS. The predicted molar refractivity (Wildman–Crippen MR) is 53.9 cm³/mol. The fraction of sp³-hybridized carbons (Fsp3) is 0.125. The van der Waals surface area contributed by atoms with Gasteiger partial charge >= 0.3 is 0 Å². The summed E-state index contributed by atoms with van der Waals surface area (Å²) in [4.78, 5) is 0. The number of methoxy groups -OCH3 is 1. The molecule has 4 heteroatoms. The molecule has 2 nitrogen and oxygen atoms in total. The highest BCUT2D eigenvalue weighted by Gasteiger charge is 2.04. The zero-order chi connectivity index (χ0) is 8.55. The van der Waals surface area contributed by atoms with Gasteiger partial charge in [0.2, 0.25) is 5.88 Å². The lowest BCUT2D eigenvalue weighted by Crippen LogP contribution is -1.80. The highest BCUT2D eigenvalue weighted by atomic mass is 79.9. The molecule has 1 aromatic heterocycles. The Kier molecular flexibility index (Phi) is 2.02. The lowest BCUT2D eigenvalue weighted by molar-refractivity contribution is 0.407. The molecule has 0 spiro atoms. The Bertz CT molecular complexity index is 412. The van der Waals surface area contributed by atoms with E-state index in [4.69, 9.17) is 4.74 Å². The normalized spacial score (nSPS) is 10.5. The second kappa shape index (κ2) is 3.03. The van der Waals surface area contributed by atoms with Crippen LogP contribution in [0.5, 0.6) is 5.88 Å². The quantitative estimate of drug-likeness (QED) is 0.769. The number of aromatic nitrogens is 1. The predicted octanol–water partition coefficient (Wildman–Crippen LogP) is 3.07. The third-order valence-electron chi connectivity index (χ3n) is 1.59. The summed E-state index contributed by atoms with van der Waals surface area (Å²) in [6.07, 6.45) is 0. The average molecular weight is 244 g/mol. The lowest BCUT2D eigenvalue weighted by Gasteiger charge is -1.93. The molecule has 1 aromatic carbocycles. The summed E-state index contributed by atoms with van der Waals surface area (Å²) in [7, 11) is 1.64. The number of benzene rings is 1. The first kappa shape index (κ1) is 8.01. The monoisotopic (exact) mass is 243 g/mol. The van der Waals surface area contributed by atoms with Gasteiger partial charge in [0, 0.05) is 4.47 Å². The number of fused-ring (bicyclic) bond motifs is 1. The maximum Gasteiger partial charge on any atom is 0.232 e. The van der Waals surface area contributed by atoms with Crippen LogP contribution >= 0.6 is 27.5 Å². The van der Waals surface area contributed by atoms with Crippen LogP contribution in [0.25, 0.3) is 10.1 Å². The van der Waals surface area contributed by atoms with Crippen LogP contribution in [0.3, 0.4) is 0 Å². The van der Waals surface area contributed by atoms with Gasteiger partial charge in [-0.2, -0.15) is 4.37 Å². The van der Waals surface area contributed by atoms with E-state index in [2.05, 4.69) is 20.3 Å². The SMILES string of the molecule is COc1nsc2cc(Br)ccc12. The van der Waals surface area contributed by atoms with Gasteiger partial charge < -0.3 is 4.74 Å². The second-order valence-corrected chi connectivity index (χ2v) is 4.05. The minimum Gasteiger partial charge on any atom is -0.480 e. The van der Waals surface area contributed by atoms with E-state index in [0.717, 1.165) is 14.6 Å². The molecule has 0 saturated heterocycles. The third kappa shape index (κ3) is 1.21. The van der Waals surface area contributed by atoms with Gasteiger partial charge in [0.05, 0.1) is 17.2 Å². The molecule has 0 aliphatic rings. The van der Waals surface area contributed by atoms with Crippen molar-refractivity contribution < 1.29 is 4.74 Å². The molecule has 2 aromatic rings. The van der Waals surface area contributed by atoms with Crippen LogP contribution in [-0.2, 0) is 0 Å². The Labute approximate surface area is 82.5 Å². The highest BCUT2D eigenvalue weighted by Crippen LogP contribution is 2.30. The summed E-state index contributed by atoms with van der Waals surface area (Å²) in [5, 5.41) is 1.07. The van der Waals surface area contributed by atoms with Crippen molar-refractivity contribution in [2.45, 2.75) is 0 Å². The van der Waals surface area contributed by atoms with E-state index < -0.39 is 0 Å². The van der Waals surface area contributed by atoms with E-state index in [1.54, 1.807) is 7.11 Å². The van der Waals surface area contributed by atoms with E-state index in [-0.39, 0.29) is 0 Å². The molecule has 0 unspecified atom stereocenters. The largest absolute Gasteiger partial charge is 0.480 e. The molecular weight excluding hydrogens is 238 g/mol. The van der Waals surface area contributed by atoms with Crippen molar-refractivity contribution in [2.24, 2.45) is 0 Å². The zero-order valence-corrected chi connectivity index (χ0v) is 8.78. The summed E-state index contributed by atoms with van der Waals surface area (Å²) >= 11 is 4.85. The fourth-order valence-electron chi connectivity index (χ4n) is 1.04. The molecule has 2 rings (SSSR count). The topological polar surface area (TPSA) is 22.1 Å². The Morgan fingerprint density at radius 2 is 2.33 bits per heavy atom. The van der Waals surface area contributed by atoms with E-state index >= 15 is 0 Å². The van der Waals surface area contributed by atoms with E-state index in [0.29, 0.717) is 5.88 Å². The van der Waals surface area contributed by atoms with Crippen molar-refractivity contribution in [1.29, 1.82) is 0 Å². The van der Waals surface area contributed by atoms with Crippen LogP contribution in [0.15, 0.2) is 22.7 Å². The van der Waals surface area contributed by atoms with Crippen LogP contribution in [0.1, 0.15) is 0 Å². The number of rotatable bonds is 1. The van der Waals surface area contributed by atoms with Crippen LogP contribution in [0, 0.1) is 0 Å². The van der Waals surface area contributed by atoms with Crippen molar-refractivity contribution in [1.82, 2.24) is 4.37 Å². The van der Waals surface area contributed by atoms with Crippen molar-refractivity contribution >= 4 is 37.5 Å². The maximum atomic E-state index is 5.09. The average Bonchev–Trinajstić information content (AvgIpc) is 2.46. The first-order valence-electron chi connectivity index (χ1n) is 3.40. The lowest BCUT2D eigenvalue weighted by atomic mass is 10.3. The van der Waals surface area contributed by atoms with Crippen molar-refractivity contribution in [2.75, 3.05) is 7.11 Å². The van der Waals surface area contributed by atoms with E-state index in [1.807, 2.05) is 18.2 Å². The summed E-state index contributed by atoms with van der Waals surface area (Å²) in [6, 6.07) is 6.02. The summed E-state index contributed by atoms with van der Waals surface area (Å²) in [5.74, 6) is 0.711. The maximum absolute atomic E-state index is 5.09. The molecule has 0 fully saturated rings. The van der Waals surface area contributed by atoms with Gasteiger partial charge in [0.1, 0.15) is 0 Å². The number of nitrogens with zero attached hydrogens (tertiary/aromatic N) is 1. The number of ether oxygens (including phenoxy) is 1. The molecule has 0 atom stereocenters. The van der Waals surface area contributed by atoms with Crippen molar-refractivity contribution in [3.8, 4) is 5.88 Å². The minimum atomic E-state index is 0.711. The number of hydrogen-bond donors (Lipinski definition) is 0. The molecule has 0 bridgehead atoms. The van der Waals surface area contributed by atoms with Crippen LogP contribution in [0.2, 0.25) is 0 Å². The van der Waals surface area contributed by atoms with Gasteiger partial charge in [0.15, 0.2) is 0 Å². The van der Waals surface area contributed by atoms with Gasteiger partial charge in [-0.05, 0) is 29.7 Å². The summed E-state index contributed by atoms with van der Waals surface area (Å²) < 4.78 is 11.5. The van der Waals surface area contributed by atoms with Gasteiger partial charge in [-0.25, -0.2) is 0 Å². The molecule has 0 amide bonds. The first-order valence-corrected chi connectivity index (χ1v) is 4.97. The third-order valence-corrected chi connectivity index (χ3v) is 2.88. The zero-order valence-electron chi connectivity index (χ0n) is 6.37. The Morgan fingerprint density at radius 1 is 1.50 bits per heavy atom. The van der Waals surface area contributed by atoms with E-state index in [9.17, 15) is 0 Å². The van der Waals surface area contributed by atoms with Crippen molar-refractivity contribution in [3.63, 3.8) is 0 Å². The Hall–Kier alpha value is -0.610. The molecule has 0 saturated carbocycles. The number of halogens is 1. The van der Waals surface area contributed by atoms with Gasteiger partial charge in [-0.15, -0.1) is 0 Å². The van der Waals surface area contributed by atoms with Gasteiger partial charge in [-0.3, -0.25) is 0 Å². The highest BCUT2D eigenvalue weighted by molar-refractivity contribution is 9.10. The minimum absolute atomic E-state index is 0.711. The molecule has 0 aliphatic carbocycles. The smallest absolute Gasteiger partial charge is 0.232 e. The molecule has 62 valence electrons. The standard InChI is InChI=1S/C8H6BrNOS/c1-11-8-6-3-2-5(9)4-7(6)12-10-8/h2-4H,1H3. The summed E-state index contributed by atoms with van der Waals surface area (Å²) in [6.45, 7) is 0. The Balaban J connectivity index is 2.73. The molecule has 1 heterocycles. The number of hydrogen-bond acceptors (Lipinski definition) is 3. The fourth-order valence-corrected chi connectivity index (χ4v) is 2.34. The molecule has 0 N–H and O–H groups in total. The first-order chi connectivity index (χ1) is 5.81. The molecule has 12 heavy (non-hydrogen) atoms. The second-order valence-electron chi connectivity index (χ2n) is 2.33. The molecule has 0 aliphatic heterocycles. The van der Waals surface area contributed by atoms with Crippen LogP contribution in [0.4, 0.5) is 0 Å². The van der Waals surface area contributed by atoms with E-state index in [1.165, 1.54) is 11.5 Å². The van der Waals surface area contributed by atoms with Gasteiger partial charge in [0.25, 0.3) is 0 Å².